The number of hydrogen-bond donors (Lipinski definition) is 1. The van der Waals surface area contributed by atoms with Crippen molar-refractivity contribution in [3.05, 3.63) is 24.3 Å². The number of allylic oxidation sites excluding steroid dienone is 2. The first kappa shape index (κ1) is 20.5. The molecule has 1 atom stereocenters. The van der Waals surface area contributed by atoms with Crippen LogP contribution in [-0.4, -0.2) is 11.2 Å². The van der Waals surface area contributed by atoms with Gasteiger partial charge in [-0.25, -0.2) is 0 Å². The number of aliphatic hydroxyl groups is 1. The van der Waals surface area contributed by atoms with E-state index in [2.05, 4.69) is 26.0 Å². The average molecular weight is 321 g/mol. The fraction of sp³-hybridized carbons (Fsp3) is 0.818. The van der Waals surface area contributed by atoms with E-state index in [1.807, 2.05) is 12.2 Å². The van der Waals surface area contributed by atoms with Crippen molar-refractivity contribution in [1.82, 2.24) is 0 Å². The molecular formula is C22H40O. The van der Waals surface area contributed by atoms with Crippen LogP contribution in [-0.2, 0) is 0 Å². The molecule has 23 heavy (non-hydrogen) atoms. The highest BCUT2D eigenvalue weighted by molar-refractivity contribution is 5.21. The highest BCUT2D eigenvalue weighted by Crippen LogP contribution is 2.39. The molecule has 1 heteroatoms. The minimum absolute atomic E-state index is 0.0181. The first-order valence-electron chi connectivity index (χ1n) is 10.3. The molecule has 0 aromatic rings. The molecule has 1 aliphatic carbocycles. The van der Waals surface area contributed by atoms with Gasteiger partial charge in [0.25, 0.3) is 0 Å². The number of hydrogen-bond acceptors (Lipinski definition) is 1. The van der Waals surface area contributed by atoms with Crippen LogP contribution >= 0.6 is 0 Å². The van der Waals surface area contributed by atoms with E-state index >= 15 is 0 Å². The molecule has 0 fully saturated rings. The molecule has 1 aliphatic rings. The Bertz CT molecular complexity index is 313. The van der Waals surface area contributed by atoms with Crippen LogP contribution < -0.4 is 0 Å². The fourth-order valence-corrected chi connectivity index (χ4v) is 3.76. The molecule has 0 aliphatic heterocycles. The van der Waals surface area contributed by atoms with Crippen molar-refractivity contribution in [2.24, 2.45) is 5.41 Å². The summed E-state index contributed by atoms with van der Waals surface area (Å²) >= 11 is 0. The molecule has 134 valence electrons. The molecule has 0 spiro atoms. The third-order valence-corrected chi connectivity index (χ3v) is 5.41. The first-order chi connectivity index (χ1) is 11.2. The molecule has 0 saturated heterocycles. The lowest BCUT2D eigenvalue weighted by Crippen LogP contribution is -2.33. The first-order valence-corrected chi connectivity index (χ1v) is 10.3. The summed E-state index contributed by atoms with van der Waals surface area (Å²) in [4.78, 5) is 0. The Morgan fingerprint density at radius 2 is 1.17 bits per heavy atom. The standard InChI is InChI=1S/C22H40O/c1-3-5-7-9-11-14-18-22(20-16-13-17-21(22)23)19-15-12-10-8-6-4-2/h13,16-17,20-21,23H,3-12,14-15,18-19H2,1-2H3. The van der Waals surface area contributed by atoms with Crippen LogP contribution in [0.5, 0.6) is 0 Å². The van der Waals surface area contributed by atoms with Gasteiger partial charge in [0.15, 0.2) is 0 Å². The van der Waals surface area contributed by atoms with Gasteiger partial charge in [0, 0.05) is 5.41 Å². The lowest BCUT2D eigenvalue weighted by atomic mass is 9.71. The summed E-state index contributed by atoms with van der Waals surface area (Å²) in [6, 6.07) is 0. The van der Waals surface area contributed by atoms with Gasteiger partial charge in [-0.15, -0.1) is 0 Å². The van der Waals surface area contributed by atoms with E-state index in [1.165, 1.54) is 77.0 Å². The maximum Gasteiger partial charge on any atom is 0.0814 e. The smallest absolute Gasteiger partial charge is 0.0814 e. The highest BCUT2D eigenvalue weighted by atomic mass is 16.3. The fourth-order valence-electron chi connectivity index (χ4n) is 3.76. The zero-order chi connectivity index (χ0) is 16.8. The topological polar surface area (TPSA) is 20.2 Å². The summed E-state index contributed by atoms with van der Waals surface area (Å²) in [5.74, 6) is 0. The Hall–Kier alpha value is -0.560. The van der Waals surface area contributed by atoms with Crippen molar-refractivity contribution in [2.75, 3.05) is 0 Å². The van der Waals surface area contributed by atoms with Gasteiger partial charge in [-0.1, -0.05) is 115 Å². The molecule has 0 bridgehead atoms. The summed E-state index contributed by atoms with van der Waals surface area (Å²) in [5.41, 5.74) is 0.0181. The molecule has 1 nitrogen and oxygen atoms in total. The Morgan fingerprint density at radius 3 is 1.65 bits per heavy atom. The normalized spacial score (nSPS) is 19.3. The largest absolute Gasteiger partial charge is 0.388 e. The van der Waals surface area contributed by atoms with Crippen molar-refractivity contribution in [1.29, 1.82) is 0 Å². The van der Waals surface area contributed by atoms with Gasteiger partial charge in [0.1, 0.15) is 0 Å². The Kier molecular flexibility index (Phi) is 11.4. The van der Waals surface area contributed by atoms with Crippen molar-refractivity contribution in [3.63, 3.8) is 0 Å². The summed E-state index contributed by atoms with van der Waals surface area (Å²) in [7, 11) is 0. The van der Waals surface area contributed by atoms with Crippen LogP contribution in [0.4, 0.5) is 0 Å². The summed E-state index contributed by atoms with van der Waals surface area (Å²) < 4.78 is 0. The SMILES string of the molecule is CCCCCCCCC1(CCCCCCCC)C=CC=CC1O. The van der Waals surface area contributed by atoms with E-state index in [4.69, 9.17) is 0 Å². The van der Waals surface area contributed by atoms with E-state index in [0.717, 1.165) is 12.8 Å². The predicted octanol–water partition coefficient (Wildman–Crippen LogP) is 6.96. The quantitative estimate of drug-likeness (QED) is 0.343. The molecule has 1 N–H and O–H groups in total. The van der Waals surface area contributed by atoms with Crippen LogP contribution in [0.1, 0.15) is 104 Å². The van der Waals surface area contributed by atoms with Crippen molar-refractivity contribution < 1.29 is 5.11 Å². The number of aliphatic hydroxyl groups excluding tert-OH is 1. The molecule has 0 saturated carbocycles. The second-order valence-electron chi connectivity index (χ2n) is 7.46. The highest BCUT2D eigenvalue weighted by Gasteiger charge is 2.33. The molecule has 0 heterocycles. The molecule has 1 rings (SSSR count). The van der Waals surface area contributed by atoms with E-state index in [9.17, 15) is 5.11 Å². The maximum atomic E-state index is 10.6. The van der Waals surface area contributed by atoms with Crippen LogP contribution in [0.3, 0.4) is 0 Å². The lowest BCUT2D eigenvalue weighted by molar-refractivity contribution is 0.0778. The Balaban J connectivity index is 2.33. The zero-order valence-corrected chi connectivity index (χ0v) is 15.7. The molecule has 0 aromatic heterocycles. The third-order valence-electron chi connectivity index (χ3n) is 5.41. The van der Waals surface area contributed by atoms with Crippen molar-refractivity contribution in [2.45, 2.75) is 110 Å². The second kappa shape index (κ2) is 12.8. The lowest BCUT2D eigenvalue weighted by Gasteiger charge is -2.36. The van der Waals surface area contributed by atoms with Crippen LogP contribution in [0.15, 0.2) is 24.3 Å². The van der Waals surface area contributed by atoms with Crippen molar-refractivity contribution in [3.8, 4) is 0 Å². The van der Waals surface area contributed by atoms with Crippen LogP contribution in [0.2, 0.25) is 0 Å². The molecular weight excluding hydrogens is 280 g/mol. The van der Waals surface area contributed by atoms with Gasteiger partial charge in [0.05, 0.1) is 6.10 Å². The minimum atomic E-state index is -0.279. The van der Waals surface area contributed by atoms with E-state index in [-0.39, 0.29) is 11.5 Å². The van der Waals surface area contributed by atoms with E-state index < -0.39 is 0 Å². The van der Waals surface area contributed by atoms with Gasteiger partial charge in [-0.05, 0) is 12.8 Å². The van der Waals surface area contributed by atoms with Gasteiger partial charge in [0.2, 0.25) is 0 Å². The minimum Gasteiger partial charge on any atom is -0.388 e. The van der Waals surface area contributed by atoms with E-state index in [1.54, 1.807) is 0 Å². The average Bonchev–Trinajstić information content (AvgIpc) is 2.56. The molecule has 0 aromatic carbocycles. The predicted molar refractivity (Wildman–Crippen MR) is 103 cm³/mol. The molecule has 0 radical (unpaired) electrons. The van der Waals surface area contributed by atoms with Gasteiger partial charge in [-0.3, -0.25) is 0 Å². The Morgan fingerprint density at radius 1 is 0.696 bits per heavy atom. The Labute approximate surface area is 145 Å². The second-order valence-corrected chi connectivity index (χ2v) is 7.46. The number of rotatable bonds is 14. The van der Waals surface area contributed by atoms with E-state index in [0.29, 0.717) is 0 Å². The monoisotopic (exact) mass is 320 g/mol. The zero-order valence-electron chi connectivity index (χ0n) is 15.7. The van der Waals surface area contributed by atoms with Gasteiger partial charge >= 0.3 is 0 Å². The van der Waals surface area contributed by atoms with Gasteiger partial charge < -0.3 is 5.11 Å². The maximum absolute atomic E-state index is 10.6. The number of unbranched alkanes of at least 4 members (excludes halogenated alkanes) is 10. The molecule has 0 amide bonds. The van der Waals surface area contributed by atoms with Crippen LogP contribution in [0.25, 0.3) is 0 Å². The van der Waals surface area contributed by atoms with Crippen molar-refractivity contribution >= 4 is 0 Å². The third kappa shape index (κ3) is 8.20. The summed E-state index contributed by atoms with van der Waals surface area (Å²) in [6.07, 6.45) is 26.5. The molecule has 1 unspecified atom stereocenters. The summed E-state index contributed by atoms with van der Waals surface area (Å²) in [6.45, 7) is 4.54. The van der Waals surface area contributed by atoms with Gasteiger partial charge in [-0.2, -0.15) is 0 Å². The summed E-state index contributed by atoms with van der Waals surface area (Å²) in [5, 5.41) is 10.6. The van der Waals surface area contributed by atoms with Crippen LogP contribution in [0, 0.1) is 5.41 Å².